The molecule has 1 fully saturated rings. The van der Waals surface area contributed by atoms with Gasteiger partial charge in [-0.2, -0.15) is 0 Å². The van der Waals surface area contributed by atoms with Crippen LogP contribution in [0.15, 0.2) is 22.8 Å². The fraction of sp³-hybridized carbons (Fsp3) is 0.667. The molecular formula is C21H33N2O9P. The van der Waals surface area contributed by atoms with Crippen molar-refractivity contribution in [1.82, 2.24) is 4.90 Å². The number of likely N-dealkylation sites (tertiary alicyclic amines) is 1. The molecule has 0 aliphatic carbocycles. The second-order valence-electron chi connectivity index (χ2n) is 7.95. The Morgan fingerprint density at radius 2 is 2.06 bits per heavy atom. The molecule has 1 amide bonds. The number of carbonyl (C=O) groups is 3. The zero-order valence-electron chi connectivity index (χ0n) is 18.8. The molecule has 1 aromatic rings. The molecule has 0 saturated carbocycles. The average molecular weight is 488 g/mol. The minimum absolute atomic E-state index is 0.0436. The lowest BCUT2D eigenvalue weighted by Gasteiger charge is -2.30. The number of hydrogen-bond acceptors (Lipinski definition) is 8. The summed E-state index contributed by atoms with van der Waals surface area (Å²) >= 11 is 0. The molecule has 0 radical (unpaired) electrons. The Labute approximate surface area is 192 Å². The Hall–Kier alpha value is -2.20. The molecule has 1 saturated heterocycles. The number of rotatable bonds is 14. The van der Waals surface area contributed by atoms with Crippen LogP contribution >= 0.6 is 7.60 Å². The summed E-state index contributed by atoms with van der Waals surface area (Å²) in [5.41, 5.74) is 5.52. The number of ether oxygens (including phenoxy) is 1. The average Bonchev–Trinajstić information content (AvgIpc) is 3.47. The van der Waals surface area contributed by atoms with Gasteiger partial charge in [0, 0.05) is 6.54 Å². The predicted octanol–water partition coefficient (Wildman–Crippen LogP) is 2.73. The minimum Gasteiger partial charge on any atom is -0.480 e. The van der Waals surface area contributed by atoms with Crippen molar-refractivity contribution in [1.29, 1.82) is 0 Å². The lowest BCUT2D eigenvalue weighted by atomic mass is 10.1. The second-order valence-corrected chi connectivity index (χ2v) is 9.87. The van der Waals surface area contributed by atoms with Crippen LogP contribution in [0.5, 0.6) is 0 Å². The van der Waals surface area contributed by atoms with Gasteiger partial charge >= 0.3 is 19.5 Å². The molecule has 11 nitrogen and oxygen atoms in total. The van der Waals surface area contributed by atoms with Gasteiger partial charge in [0.25, 0.3) is 5.91 Å². The Bertz CT molecular complexity index is 830. The van der Waals surface area contributed by atoms with Gasteiger partial charge in [-0.1, -0.05) is 13.3 Å². The van der Waals surface area contributed by atoms with Crippen molar-refractivity contribution in [2.75, 3.05) is 13.1 Å². The lowest BCUT2D eigenvalue weighted by Crippen LogP contribution is -2.46. The number of carboxylic acid groups (broad SMARTS) is 1. The third kappa shape index (κ3) is 7.67. The van der Waals surface area contributed by atoms with Crippen molar-refractivity contribution in [2.24, 2.45) is 5.73 Å². The Morgan fingerprint density at radius 3 is 2.67 bits per heavy atom. The number of nitrogens with zero attached hydrogens (tertiary/aromatic N) is 1. The monoisotopic (exact) mass is 488 g/mol. The summed E-state index contributed by atoms with van der Waals surface area (Å²) in [4.78, 5) is 48.9. The van der Waals surface area contributed by atoms with E-state index in [0.717, 1.165) is 0 Å². The van der Waals surface area contributed by atoms with Crippen molar-refractivity contribution in [2.45, 2.75) is 76.3 Å². The fourth-order valence-corrected chi connectivity index (χ4v) is 5.10. The van der Waals surface area contributed by atoms with Crippen LogP contribution in [0.4, 0.5) is 0 Å². The zero-order valence-corrected chi connectivity index (χ0v) is 19.7. The van der Waals surface area contributed by atoms with Crippen LogP contribution in [0.25, 0.3) is 0 Å². The maximum absolute atomic E-state index is 13.2. The van der Waals surface area contributed by atoms with E-state index in [1.807, 2.05) is 6.92 Å². The second kappa shape index (κ2) is 12.9. The SMILES string of the molecule is CCCC[C@@H](OC(=O)c1ccco1)P(=O)(O)OC(CCCCN)C(=O)N1CCC[C@H]1C(=O)O. The van der Waals surface area contributed by atoms with E-state index >= 15 is 0 Å². The molecule has 2 unspecified atom stereocenters. The summed E-state index contributed by atoms with van der Waals surface area (Å²) < 4.78 is 28.9. The molecule has 2 rings (SSSR count). The van der Waals surface area contributed by atoms with Crippen LogP contribution in [0.2, 0.25) is 0 Å². The van der Waals surface area contributed by atoms with Gasteiger partial charge in [-0.15, -0.1) is 0 Å². The zero-order chi connectivity index (χ0) is 24.4. The quantitative estimate of drug-likeness (QED) is 0.201. The van der Waals surface area contributed by atoms with Gasteiger partial charge < -0.3 is 29.8 Å². The third-order valence-corrected chi connectivity index (χ3v) is 7.08. The van der Waals surface area contributed by atoms with E-state index in [0.29, 0.717) is 45.1 Å². The Balaban J connectivity index is 2.21. The highest BCUT2D eigenvalue weighted by atomic mass is 31.2. The number of esters is 1. The predicted molar refractivity (Wildman–Crippen MR) is 117 cm³/mol. The van der Waals surface area contributed by atoms with E-state index in [2.05, 4.69) is 0 Å². The first-order valence-corrected chi connectivity index (χ1v) is 12.8. The number of unbranched alkanes of at least 4 members (excludes halogenated alkanes) is 2. The van der Waals surface area contributed by atoms with Crippen molar-refractivity contribution < 1.29 is 42.6 Å². The molecule has 1 aliphatic rings. The molecule has 0 spiro atoms. The van der Waals surface area contributed by atoms with Crippen molar-refractivity contribution in [3.63, 3.8) is 0 Å². The van der Waals surface area contributed by atoms with Crippen LogP contribution in [0.3, 0.4) is 0 Å². The topological polar surface area (TPSA) is 170 Å². The van der Waals surface area contributed by atoms with E-state index in [9.17, 15) is 28.9 Å². The molecular weight excluding hydrogens is 455 g/mol. The van der Waals surface area contributed by atoms with Crippen LogP contribution in [0.1, 0.15) is 68.8 Å². The van der Waals surface area contributed by atoms with Crippen molar-refractivity contribution >= 4 is 25.4 Å². The number of amides is 1. The third-order valence-electron chi connectivity index (χ3n) is 5.43. The molecule has 12 heteroatoms. The molecule has 33 heavy (non-hydrogen) atoms. The molecule has 0 aromatic carbocycles. The molecule has 2 heterocycles. The fourth-order valence-electron chi connectivity index (χ4n) is 3.66. The minimum atomic E-state index is -4.64. The number of hydrogen-bond donors (Lipinski definition) is 3. The smallest absolute Gasteiger partial charge is 0.375 e. The molecule has 4 atom stereocenters. The number of carbonyl (C=O) groups excluding carboxylic acids is 2. The molecule has 186 valence electrons. The van der Waals surface area contributed by atoms with Gasteiger partial charge in [0.15, 0.2) is 0 Å². The summed E-state index contributed by atoms with van der Waals surface area (Å²) in [7, 11) is -4.64. The van der Waals surface area contributed by atoms with Gasteiger partial charge in [0.2, 0.25) is 11.6 Å². The van der Waals surface area contributed by atoms with Crippen LogP contribution in [0, 0.1) is 0 Å². The number of carboxylic acids is 1. The standard InChI is InChI=1S/C21H33N2O9P/c1-2-3-11-18(31-21(27)17-10-7-14-30-17)33(28,29)32-16(9-4-5-12-22)19(24)23-13-6-8-15(23)20(25)26/h7,10,14-16,18H,2-6,8-9,11-13,22H2,1H3,(H,25,26)(H,28,29)/t15-,16?,18-/m0/s1. The number of nitrogens with two attached hydrogens (primary N) is 1. The first-order chi connectivity index (χ1) is 15.7. The lowest BCUT2D eigenvalue weighted by molar-refractivity contribution is -0.151. The van der Waals surface area contributed by atoms with E-state index in [4.69, 9.17) is 19.4 Å². The maximum atomic E-state index is 13.2. The van der Waals surface area contributed by atoms with E-state index in [1.54, 1.807) is 0 Å². The molecule has 4 N–H and O–H groups in total. The molecule has 1 aromatic heterocycles. The first-order valence-electron chi connectivity index (χ1n) is 11.2. The number of aliphatic carboxylic acids is 1. The van der Waals surface area contributed by atoms with E-state index in [-0.39, 0.29) is 25.1 Å². The van der Waals surface area contributed by atoms with Gasteiger partial charge in [0.05, 0.1) is 6.26 Å². The first kappa shape index (κ1) is 27.0. The van der Waals surface area contributed by atoms with E-state index in [1.165, 1.54) is 23.3 Å². The summed E-state index contributed by atoms with van der Waals surface area (Å²) in [5.74, 6) is -4.36. The molecule has 1 aliphatic heterocycles. The van der Waals surface area contributed by atoms with Crippen LogP contribution in [-0.2, 0) is 23.4 Å². The van der Waals surface area contributed by atoms with Gasteiger partial charge in [-0.25, -0.2) is 9.59 Å². The van der Waals surface area contributed by atoms with Crippen molar-refractivity contribution in [3.8, 4) is 0 Å². The van der Waals surface area contributed by atoms with Gasteiger partial charge in [-0.05, 0) is 63.6 Å². The highest BCUT2D eigenvalue weighted by molar-refractivity contribution is 7.53. The Kier molecular flexibility index (Phi) is 10.6. The summed E-state index contributed by atoms with van der Waals surface area (Å²) in [6, 6.07) is 1.83. The summed E-state index contributed by atoms with van der Waals surface area (Å²) in [6.07, 6.45) is 2.97. The maximum Gasteiger partial charge on any atom is 0.375 e. The molecule has 0 bridgehead atoms. The van der Waals surface area contributed by atoms with Crippen LogP contribution in [-0.4, -0.2) is 63.8 Å². The van der Waals surface area contributed by atoms with Gasteiger partial charge in [0.1, 0.15) is 12.1 Å². The van der Waals surface area contributed by atoms with Crippen molar-refractivity contribution in [3.05, 3.63) is 24.2 Å². The van der Waals surface area contributed by atoms with Crippen LogP contribution < -0.4 is 5.73 Å². The number of furan rings is 1. The highest BCUT2D eigenvalue weighted by Crippen LogP contribution is 2.52. The largest absolute Gasteiger partial charge is 0.480 e. The van der Waals surface area contributed by atoms with E-state index < -0.39 is 43.4 Å². The normalized spacial score (nSPS) is 19.6. The Morgan fingerprint density at radius 1 is 1.30 bits per heavy atom. The highest BCUT2D eigenvalue weighted by Gasteiger charge is 2.43. The summed E-state index contributed by atoms with van der Waals surface area (Å²) in [5, 5.41) is 9.41. The van der Waals surface area contributed by atoms with Gasteiger partial charge in [-0.3, -0.25) is 13.9 Å². The summed E-state index contributed by atoms with van der Waals surface area (Å²) in [6.45, 7) is 2.45.